The second-order valence-electron chi connectivity index (χ2n) is 16.2. The first-order valence-electron chi connectivity index (χ1n) is 20.9. The molecule has 11 nitrogen and oxygen atoms in total. The second-order valence-corrected chi connectivity index (χ2v) is 28.0. The number of esters is 1. The van der Waals surface area contributed by atoms with Gasteiger partial charge in [-0.1, -0.05) is 54.6 Å². The molecule has 329 valence electrons. The SMILES string of the molecule is CC(=O)OCCn1c2ccc(C=O)cc2c2c3c(c4c(c21)Cc1ccccc1-4)C(=O)NC3.O=C1NCc2c1c1c(c3c2c2cc(CO)ccc2n3CCO)Cc2ccccc2-1.[CH3-].[I][V][I]. The van der Waals surface area contributed by atoms with Crippen molar-refractivity contribution in [3.8, 4) is 22.3 Å². The molecule has 4 aliphatic rings. The molecule has 2 aliphatic heterocycles. The molecule has 0 fully saturated rings. The Morgan fingerprint density at radius 3 is 1.74 bits per heavy atom. The number of nitrogens with one attached hydrogen (secondary N) is 2. The number of aldehydes is 1. The number of ether oxygens (including phenoxy) is 1. The molecule has 4 N–H and O–H groups in total. The van der Waals surface area contributed by atoms with Gasteiger partial charge in [0.1, 0.15) is 12.9 Å². The molecular formula is C51H43I2N4O7V-. The second kappa shape index (κ2) is 18.3. The Kier molecular flexibility index (Phi) is 12.7. The van der Waals surface area contributed by atoms with Gasteiger partial charge in [0, 0.05) is 88.7 Å². The van der Waals surface area contributed by atoms with Crippen molar-refractivity contribution in [1.29, 1.82) is 0 Å². The number of aliphatic hydroxyl groups is 2. The molecule has 2 aliphatic carbocycles. The molecule has 6 aromatic carbocycles. The third-order valence-electron chi connectivity index (χ3n) is 13.0. The molecule has 0 atom stereocenters. The van der Waals surface area contributed by atoms with E-state index >= 15 is 0 Å². The number of benzene rings is 6. The summed E-state index contributed by atoms with van der Waals surface area (Å²) in [5.74, 6) is -0.388. The number of carbonyl (C=O) groups is 4. The van der Waals surface area contributed by atoms with Crippen LogP contribution in [0.15, 0.2) is 84.9 Å². The number of amides is 2. The summed E-state index contributed by atoms with van der Waals surface area (Å²) in [6.07, 6.45) is 2.35. The Hall–Kier alpha value is -5.04. The monoisotopic (exact) mass is 1130 g/mol. The van der Waals surface area contributed by atoms with Crippen molar-refractivity contribution in [3.05, 3.63) is 148 Å². The van der Waals surface area contributed by atoms with E-state index in [0.717, 1.165) is 124 Å². The first-order chi connectivity index (χ1) is 31.2. The van der Waals surface area contributed by atoms with E-state index in [0.29, 0.717) is 41.2 Å². The zero-order valence-corrected chi connectivity index (χ0v) is 41.3. The molecule has 2 aromatic heterocycles. The van der Waals surface area contributed by atoms with Gasteiger partial charge in [0.05, 0.1) is 41.9 Å². The minimum absolute atomic E-state index is 0. The maximum absolute atomic E-state index is 13.0. The van der Waals surface area contributed by atoms with Crippen molar-refractivity contribution in [3.63, 3.8) is 0 Å². The topological polar surface area (TPSA) is 152 Å². The molecule has 0 radical (unpaired) electrons. The summed E-state index contributed by atoms with van der Waals surface area (Å²) in [7, 11) is 0.628. The summed E-state index contributed by atoms with van der Waals surface area (Å²) in [5, 5.41) is 29.6. The number of carbonyl (C=O) groups excluding carboxylic acids is 4. The van der Waals surface area contributed by atoms with E-state index in [1.807, 2.05) is 54.6 Å². The van der Waals surface area contributed by atoms with Gasteiger partial charge in [0.25, 0.3) is 11.8 Å². The molecule has 65 heavy (non-hydrogen) atoms. The van der Waals surface area contributed by atoms with Crippen molar-refractivity contribution in [2.45, 2.75) is 52.6 Å². The molecule has 0 saturated heterocycles. The van der Waals surface area contributed by atoms with Gasteiger partial charge in [0.2, 0.25) is 0 Å². The van der Waals surface area contributed by atoms with Crippen molar-refractivity contribution < 1.29 is 43.6 Å². The van der Waals surface area contributed by atoms with E-state index in [4.69, 9.17) is 4.74 Å². The number of hydrogen-bond donors (Lipinski definition) is 4. The maximum atomic E-state index is 13.0. The zero-order valence-electron chi connectivity index (χ0n) is 35.6. The van der Waals surface area contributed by atoms with Crippen LogP contribution in [0.2, 0.25) is 0 Å². The molecule has 4 heterocycles. The van der Waals surface area contributed by atoms with Crippen molar-refractivity contribution in [2.75, 3.05) is 13.2 Å². The van der Waals surface area contributed by atoms with Gasteiger partial charge in [-0.15, -0.1) is 0 Å². The Morgan fingerprint density at radius 2 is 1.23 bits per heavy atom. The number of aromatic nitrogens is 2. The summed E-state index contributed by atoms with van der Waals surface area (Å²) in [6, 6.07) is 28.1. The average molecular weight is 1130 g/mol. The van der Waals surface area contributed by atoms with Crippen molar-refractivity contribution in [2.24, 2.45) is 0 Å². The van der Waals surface area contributed by atoms with Gasteiger partial charge >= 0.3 is 55.4 Å². The number of nitrogens with zero attached hydrogens (tertiary/aromatic N) is 2. The molecule has 2 amide bonds. The minimum atomic E-state index is -0.317. The van der Waals surface area contributed by atoms with Gasteiger partial charge in [-0.05, 0) is 80.4 Å². The molecule has 8 aromatic rings. The Labute approximate surface area is 403 Å². The third-order valence-corrected chi connectivity index (χ3v) is 13.0. The van der Waals surface area contributed by atoms with E-state index in [1.165, 1.54) is 18.1 Å². The summed E-state index contributed by atoms with van der Waals surface area (Å²) < 4.78 is 9.62. The summed E-state index contributed by atoms with van der Waals surface area (Å²) >= 11 is 4.74. The van der Waals surface area contributed by atoms with Gasteiger partial charge in [-0.2, -0.15) is 0 Å². The van der Waals surface area contributed by atoms with E-state index in [2.05, 4.69) is 84.0 Å². The Balaban J connectivity index is 0.000000153. The van der Waals surface area contributed by atoms with Crippen LogP contribution in [-0.2, 0) is 64.6 Å². The van der Waals surface area contributed by atoms with Crippen LogP contribution in [0.3, 0.4) is 0 Å². The van der Waals surface area contributed by atoms with Crippen LogP contribution in [0.1, 0.15) is 76.9 Å². The first kappa shape index (κ1) is 45.1. The number of fused-ring (bicyclic) bond motifs is 20. The molecule has 0 saturated carbocycles. The standard InChI is InChI=1S/C26H20N2O4.C24H20N2O3.CH3.2HI.V/c1-14(30)32-9-8-28-21-7-6-15(13-29)10-18(21)23-20-12-27-26(31)24(20)22-17-5-3-2-4-16(17)11-19(22)25(23)28;27-8-7-26-19-6-5-13(12-28)9-16(19)21-18-11-25-24(29)22(18)20-15-4-2-1-3-14(15)10-17(20)23(21)26;;;;/h2-7,10,13H,8-9,11-12H2,1H3,(H,27,31);1-6,9,27-28H,7-8,10-12H2,(H,25,29);1H3;2*1H;/q;;-1;;;+2/p-2. The van der Waals surface area contributed by atoms with Gasteiger partial charge in [-0.3, -0.25) is 19.2 Å². The summed E-state index contributed by atoms with van der Waals surface area (Å²) in [6.45, 7) is 3.59. The van der Waals surface area contributed by atoms with Crippen LogP contribution >= 0.6 is 40.0 Å². The molecule has 12 rings (SSSR count). The molecule has 0 unspecified atom stereocenters. The van der Waals surface area contributed by atoms with Gasteiger partial charge < -0.3 is 42.1 Å². The van der Waals surface area contributed by atoms with Crippen LogP contribution in [0.25, 0.3) is 65.9 Å². The molecule has 0 spiro atoms. The predicted molar refractivity (Wildman–Crippen MR) is 267 cm³/mol. The Morgan fingerprint density at radius 1 is 0.723 bits per heavy atom. The summed E-state index contributed by atoms with van der Waals surface area (Å²) in [4.78, 5) is 48.8. The number of aliphatic hydroxyl groups excluding tert-OH is 2. The average Bonchev–Trinajstić information content (AvgIpc) is 4.16. The fraction of sp³-hybridized carbons (Fsp3) is 0.196. The van der Waals surface area contributed by atoms with Gasteiger partial charge in [-0.25, -0.2) is 0 Å². The van der Waals surface area contributed by atoms with E-state index in [-0.39, 0.29) is 45.0 Å². The first-order valence-corrected chi connectivity index (χ1v) is 30.0. The Bertz CT molecular complexity index is 3320. The summed E-state index contributed by atoms with van der Waals surface area (Å²) in [5.41, 5.74) is 18.1. The number of halogens is 2. The molecule has 0 bridgehead atoms. The fourth-order valence-electron chi connectivity index (χ4n) is 10.6. The predicted octanol–water partition coefficient (Wildman–Crippen LogP) is 9.30. The fourth-order valence-corrected chi connectivity index (χ4v) is 10.6. The number of rotatable bonds is 7. The van der Waals surface area contributed by atoms with Crippen LogP contribution < -0.4 is 10.6 Å². The van der Waals surface area contributed by atoms with E-state index in [9.17, 15) is 29.4 Å². The molecule has 14 heteroatoms. The van der Waals surface area contributed by atoms with Crippen molar-refractivity contribution in [1.82, 2.24) is 19.8 Å². The normalized spacial score (nSPS) is 13.4. The molecular weight excluding hydrogens is 1090 g/mol. The van der Waals surface area contributed by atoms with Crippen LogP contribution in [0.5, 0.6) is 0 Å². The van der Waals surface area contributed by atoms with Gasteiger partial charge in [0.15, 0.2) is 0 Å². The van der Waals surface area contributed by atoms with Crippen LogP contribution in [0.4, 0.5) is 0 Å². The van der Waals surface area contributed by atoms with Crippen LogP contribution in [0, 0.1) is 7.43 Å². The zero-order chi connectivity index (χ0) is 44.4. The number of hydrogen-bond acceptors (Lipinski definition) is 7. The van der Waals surface area contributed by atoms with Crippen LogP contribution in [-0.4, -0.2) is 56.6 Å². The third kappa shape index (κ3) is 7.29. The quantitative estimate of drug-likeness (QED) is 0.0538. The van der Waals surface area contributed by atoms with Crippen molar-refractivity contribution >= 4 is 108 Å². The van der Waals surface area contributed by atoms with E-state index < -0.39 is 0 Å². The van der Waals surface area contributed by atoms with E-state index in [1.54, 1.807) is 6.07 Å².